The number of aromatic hydroxyl groups is 2. The largest absolute Gasteiger partial charge is 0.507 e. The SMILES string of the molecule is Cc1ccc2c(N3CCC(N)CC3)nc(-c3ccccc3O)nc2c1.Cc1ccc2c(N3CCC(NC(=O)COc4cccc5c4OCO5)CC3)nc(-c3ccccc3O)nc2c1. The lowest BCUT2D eigenvalue weighted by atomic mass is 10.0. The predicted molar refractivity (Wildman–Crippen MR) is 244 cm³/mol. The minimum absolute atomic E-state index is 0.0383. The molecule has 2 fully saturated rings. The molecule has 0 radical (unpaired) electrons. The van der Waals surface area contributed by atoms with Gasteiger partial charge in [0.15, 0.2) is 29.8 Å². The number of anilines is 2. The van der Waals surface area contributed by atoms with Crippen molar-refractivity contribution in [3.63, 3.8) is 0 Å². The maximum absolute atomic E-state index is 12.6. The summed E-state index contributed by atoms with van der Waals surface area (Å²) in [4.78, 5) is 36.3. The van der Waals surface area contributed by atoms with Gasteiger partial charge in [-0.25, -0.2) is 19.9 Å². The number of carbonyl (C=O) groups excluding carboxylic acids is 1. The van der Waals surface area contributed by atoms with E-state index in [9.17, 15) is 15.0 Å². The number of piperidine rings is 2. The topological polar surface area (TPSA) is 181 Å². The number of para-hydroxylation sites is 3. The number of nitrogens with zero attached hydrogens (tertiary/aromatic N) is 6. The number of carbonyl (C=O) groups is 1. The molecule has 63 heavy (non-hydrogen) atoms. The molecule has 10 rings (SSSR count). The highest BCUT2D eigenvalue weighted by atomic mass is 16.7. The van der Waals surface area contributed by atoms with Crippen molar-refractivity contribution in [2.75, 3.05) is 49.4 Å². The summed E-state index contributed by atoms with van der Waals surface area (Å²) in [6, 6.07) is 32.4. The quantitative estimate of drug-likeness (QED) is 0.119. The van der Waals surface area contributed by atoms with Crippen LogP contribution in [0.5, 0.6) is 28.7 Å². The van der Waals surface area contributed by atoms with Crippen molar-refractivity contribution in [3.8, 4) is 51.5 Å². The first-order valence-electron chi connectivity index (χ1n) is 21.4. The lowest BCUT2D eigenvalue weighted by Gasteiger charge is -2.34. The molecule has 1 amide bonds. The van der Waals surface area contributed by atoms with Crippen LogP contribution in [0.4, 0.5) is 11.6 Å². The molecule has 5 heterocycles. The normalized spacial score (nSPS) is 15.3. The molecule has 0 unspecified atom stereocenters. The number of phenols is 2. The number of aryl methyl sites for hydroxylation is 2. The first-order chi connectivity index (χ1) is 30.7. The monoisotopic (exact) mass is 846 g/mol. The average Bonchev–Trinajstić information content (AvgIpc) is 3.79. The van der Waals surface area contributed by atoms with Crippen LogP contribution < -0.4 is 35.1 Å². The number of phenolic OH excluding ortho intramolecular Hbond substituents is 2. The molecule has 0 aliphatic carbocycles. The summed E-state index contributed by atoms with van der Waals surface area (Å²) in [5, 5.41) is 25.7. The van der Waals surface area contributed by atoms with Crippen molar-refractivity contribution in [2.45, 2.75) is 51.6 Å². The molecule has 0 atom stereocenters. The van der Waals surface area contributed by atoms with E-state index in [0.29, 0.717) is 40.0 Å². The summed E-state index contributed by atoms with van der Waals surface area (Å²) < 4.78 is 16.5. The maximum atomic E-state index is 12.6. The van der Waals surface area contributed by atoms with Gasteiger partial charge in [0, 0.05) is 49.0 Å². The molecular formula is C49H50N8O6. The van der Waals surface area contributed by atoms with Crippen LogP contribution in [0, 0.1) is 13.8 Å². The Kier molecular flexibility index (Phi) is 11.8. The van der Waals surface area contributed by atoms with Gasteiger partial charge in [0.05, 0.1) is 22.2 Å². The zero-order chi connectivity index (χ0) is 43.5. The van der Waals surface area contributed by atoms with Gasteiger partial charge in [0.1, 0.15) is 23.1 Å². The van der Waals surface area contributed by atoms with Crippen LogP contribution in [0.1, 0.15) is 36.8 Å². The standard InChI is InChI=1S/C29H28N4O5.C20H22N4O/c1-18-9-10-20-22(15-18)31-28(21-5-2-3-6-23(21)34)32-29(20)33-13-11-19(12-14-33)30-26(35)16-36-24-7-4-8-25-27(24)38-17-37-25;1-13-6-7-15-17(12-13)22-19(16-4-2-3-5-18(16)25)23-20(15)24-10-8-14(21)9-11-24/h2-10,15,19,34H,11-14,16-17H2,1H3,(H,30,35);2-7,12,14,25H,8-11,21H2,1H3. The Hall–Kier alpha value is -7.19. The second-order valence-electron chi connectivity index (χ2n) is 16.2. The minimum Gasteiger partial charge on any atom is -0.507 e. The Bertz CT molecular complexity index is 2790. The molecule has 3 aliphatic heterocycles. The van der Waals surface area contributed by atoms with Gasteiger partial charge in [-0.1, -0.05) is 42.5 Å². The number of ether oxygens (including phenoxy) is 3. The van der Waals surface area contributed by atoms with Crippen LogP contribution in [-0.4, -0.2) is 87.7 Å². The van der Waals surface area contributed by atoms with Crippen molar-refractivity contribution >= 4 is 39.3 Å². The number of nitrogens with two attached hydrogens (primary N) is 1. The van der Waals surface area contributed by atoms with E-state index in [-0.39, 0.29) is 42.9 Å². The van der Waals surface area contributed by atoms with E-state index in [1.165, 1.54) is 0 Å². The van der Waals surface area contributed by atoms with Gasteiger partial charge in [0.2, 0.25) is 12.5 Å². The summed E-state index contributed by atoms with van der Waals surface area (Å²) in [5.41, 5.74) is 11.3. The summed E-state index contributed by atoms with van der Waals surface area (Å²) in [6.07, 6.45) is 3.46. The van der Waals surface area contributed by atoms with Crippen LogP contribution >= 0.6 is 0 Å². The lowest BCUT2D eigenvalue weighted by molar-refractivity contribution is -0.123. The van der Waals surface area contributed by atoms with Gasteiger partial charge in [-0.3, -0.25) is 4.79 Å². The molecule has 0 spiro atoms. The number of fused-ring (bicyclic) bond motifs is 3. The fourth-order valence-electron chi connectivity index (χ4n) is 8.27. The fourth-order valence-corrected chi connectivity index (χ4v) is 8.27. The van der Waals surface area contributed by atoms with Crippen molar-refractivity contribution in [1.82, 2.24) is 25.3 Å². The second-order valence-corrected chi connectivity index (χ2v) is 16.2. The van der Waals surface area contributed by atoms with Crippen LogP contribution in [0.15, 0.2) is 103 Å². The molecule has 7 aromatic rings. The third kappa shape index (κ3) is 9.07. The Balaban J connectivity index is 0.000000174. The van der Waals surface area contributed by atoms with Gasteiger partial charge in [-0.05, 0) is 111 Å². The number of nitrogens with one attached hydrogen (secondary N) is 1. The Morgan fingerprint density at radius 1 is 0.698 bits per heavy atom. The number of hydrogen-bond donors (Lipinski definition) is 4. The van der Waals surface area contributed by atoms with Crippen LogP contribution in [0.3, 0.4) is 0 Å². The Morgan fingerprint density at radius 2 is 1.24 bits per heavy atom. The highest BCUT2D eigenvalue weighted by molar-refractivity contribution is 5.93. The molecule has 5 aromatic carbocycles. The second kappa shape index (κ2) is 18.0. The molecule has 0 saturated carbocycles. The number of aromatic nitrogens is 4. The Morgan fingerprint density at radius 3 is 1.79 bits per heavy atom. The highest BCUT2D eigenvalue weighted by Crippen LogP contribution is 2.40. The van der Waals surface area contributed by atoms with E-state index in [1.807, 2.05) is 37.3 Å². The van der Waals surface area contributed by atoms with Gasteiger partial charge >= 0.3 is 0 Å². The van der Waals surface area contributed by atoms with Gasteiger partial charge in [0.25, 0.3) is 5.91 Å². The van der Waals surface area contributed by atoms with Crippen LogP contribution in [0.2, 0.25) is 0 Å². The minimum atomic E-state index is -0.176. The fraction of sp³-hybridized carbons (Fsp3) is 0.286. The van der Waals surface area contributed by atoms with E-state index in [2.05, 4.69) is 52.4 Å². The van der Waals surface area contributed by atoms with E-state index >= 15 is 0 Å². The summed E-state index contributed by atoms with van der Waals surface area (Å²) in [7, 11) is 0. The number of rotatable bonds is 8. The smallest absolute Gasteiger partial charge is 0.258 e. The number of amides is 1. The van der Waals surface area contributed by atoms with Crippen LogP contribution in [0.25, 0.3) is 44.6 Å². The van der Waals surface area contributed by atoms with E-state index in [1.54, 1.807) is 42.5 Å². The van der Waals surface area contributed by atoms with Gasteiger partial charge in [-0.2, -0.15) is 0 Å². The molecular weight excluding hydrogens is 797 g/mol. The van der Waals surface area contributed by atoms with Crippen LogP contribution in [-0.2, 0) is 4.79 Å². The first kappa shape index (κ1) is 41.2. The van der Waals surface area contributed by atoms with E-state index in [4.69, 9.17) is 39.9 Å². The maximum Gasteiger partial charge on any atom is 0.258 e. The molecule has 2 aromatic heterocycles. The van der Waals surface area contributed by atoms with E-state index in [0.717, 1.165) is 96.4 Å². The summed E-state index contributed by atoms with van der Waals surface area (Å²) >= 11 is 0. The van der Waals surface area contributed by atoms with Gasteiger partial charge < -0.3 is 45.3 Å². The predicted octanol–water partition coefficient (Wildman–Crippen LogP) is 7.44. The summed E-state index contributed by atoms with van der Waals surface area (Å²) in [6.45, 7) is 7.37. The van der Waals surface area contributed by atoms with Crippen molar-refractivity contribution in [1.29, 1.82) is 0 Å². The summed E-state index contributed by atoms with van der Waals surface area (Å²) in [5.74, 6) is 4.62. The third-order valence-corrected chi connectivity index (χ3v) is 11.7. The van der Waals surface area contributed by atoms with E-state index < -0.39 is 0 Å². The van der Waals surface area contributed by atoms with Crippen molar-refractivity contribution < 1.29 is 29.2 Å². The average molecular weight is 847 g/mol. The lowest BCUT2D eigenvalue weighted by Crippen LogP contribution is -2.46. The molecule has 5 N–H and O–H groups in total. The van der Waals surface area contributed by atoms with Gasteiger partial charge in [-0.15, -0.1) is 0 Å². The zero-order valence-electron chi connectivity index (χ0n) is 35.3. The molecule has 0 bridgehead atoms. The first-order valence-corrected chi connectivity index (χ1v) is 21.4. The molecule has 3 aliphatic rings. The molecule has 2 saturated heterocycles. The molecule has 14 heteroatoms. The molecule has 322 valence electrons. The number of hydrogen-bond acceptors (Lipinski definition) is 13. The Labute approximate surface area is 365 Å². The molecule has 14 nitrogen and oxygen atoms in total. The zero-order valence-corrected chi connectivity index (χ0v) is 35.3. The van der Waals surface area contributed by atoms with Crippen molar-refractivity contribution in [2.24, 2.45) is 5.73 Å². The van der Waals surface area contributed by atoms with Crippen molar-refractivity contribution in [3.05, 3.63) is 114 Å². The highest BCUT2D eigenvalue weighted by Gasteiger charge is 2.26. The third-order valence-electron chi connectivity index (χ3n) is 11.7. The number of benzene rings is 5.